The number of aliphatic carboxylic acids is 1. The van der Waals surface area contributed by atoms with Gasteiger partial charge in [-0.3, -0.25) is 4.79 Å². The SMILES string of the molecule is C/C=C(/C)C(=O)O[C@H]1[C@H](O)[C@]2(COC(C)=O)[C@H](O)C[C@]3(C)C(=CC[C@@H]4[C@@]5(C)CC[C@H](O[C@@H]6O[C@H](C(=O)O)[C@@H](O)[C@H](O[C@H]7OC[C@H](O)[C@H](O)[C@H]7O)[C@H]6O[C@@H]6O[C@H](CO)[C@H](O)[C@H](O)[C@H]6O)[C@@](C)(C=O)[C@@H]5CC[C@]43C)[C@@H]2CC1(C)C. The van der Waals surface area contributed by atoms with Crippen LogP contribution >= 0.6 is 0 Å². The van der Waals surface area contributed by atoms with E-state index in [0.29, 0.717) is 37.7 Å². The van der Waals surface area contributed by atoms with E-state index in [-0.39, 0.29) is 25.4 Å². The van der Waals surface area contributed by atoms with Crippen molar-refractivity contribution >= 4 is 24.2 Å². The van der Waals surface area contributed by atoms with E-state index in [1.165, 1.54) is 6.92 Å². The lowest BCUT2D eigenvalue weighted by molar-refractivity contribution is -0.391. The Balaban J connectivity index is 1.13. The topological polar surface area (TPSA) is 365 Å². The molecule has 11 N–H and O–H groups in total. The minimum absolute atomic E-state index is 0.122. The van der Waals surface area contributed by atoms with E-state index in [1.807, 2.05) is 13.8 Å². The lowest BCUT2D eigenvalue weighted by atomic mass is 9.33. The molecular formula is C54H82O23. The monoisotopic (exact) mass is 1100 g/mol. The van der Waals surface area contributed by atoms with Crippen LogP contribution in [0.15, 0.2) is 23.3 Å². The quantitative estimate of drug-likeness (QED) is 0.0365. The summed E-state index contributed by atoms with van der Waals surface area (Å²) in [6, 6.07) is 0. The Labute approximate surface area is 447 Å². The van der Waals surface area contributed by atoms with Crippen molar-refractivity contribution in [2.75, 3.05) is 19.8 Å². The third kappa shape index (κ3) is 9.65. The molecule has 26 atom stereocenters. The second-order valence-corrected chi connectivity index (χ2v) is 24.9. The maximum absolute atomic E-state index is 14.0. The zero-order valence-corrected chi connectivity index (χ0v) is 45.2. The summed E-state index contributed by atoms with van der Waals surface area (Å²) in [4.78, 5) is 52.7. The standard InChI is InChI=1S/C54H82O23/c1-10-23(2)45(69)77-43-42(66)54(22-71-24(3)57)26(17-49(43,4)5)25-11-12-30-50(6)15-14-32(51(7,21-56)29(50)13-16-52(30,8)53(25,9)18-31(54)59)73-48-41(76-47-37(64)35(62)34(61)28(19-55)72-47)39(38(65)40(75-48)44(67)68)74-46-36(63)33(60)27(58)20-70-46/h10-11,21,26-43,46-48,55,58-66H,12-20,22H2,1-9H3,(H,67,68)/b23-10-/t26-,27-,28+,29+,30+,31+,32-,33-,34-,35-,36+,37+,38-,39-,40-,41+,42-,43-,46+,47-,48+,50-,51-,52+,53+,54-/m0/s1. The molecule has 0 aromatic rings. The van der Waals surface area contributed by atoms with Crippen LogP contribution in [0.25, 0.3) is 0 Å². The van der Waals surface area contributed by atoms with Crippen molar-refractivity contribution in [2.24, 2.45) is 50.2 Å². The van der Waals surface area contributed by atoms with Crippen LogP contribution in [-0.2, 0) is 57.1 Å². The molecule has 436 valence electrons. The Hall–Kier alpha value is -3.08. The van der Waals surface area contributed by atoms with Crippen molar-refractivity contribution in [1.82, 2.24) is 0 Å². The molecule has 3 aliphatic heterocycles. The van der Waals surface area contributed by atoms with E-state index in [9.17, 15) is 75.3 Å². The lowest BCUT2D eigenvalue weighted by Gasteiger charge is -2.72. The first kappa shape index (κ1) is 60.0. The van der Waals surface area contributed by atoms with Gasteiger partial charge in [0.2, 0.25) is 0 Å². The largest absolute Gasteiger partial charge is 0.479 e. The van der Waals surface area contributed by atoms with Crippen molar-refractivity contribution in [3.8, 4) is 0 Å². The molecule has 0 aromatic heterocycles. The number of aldehydes is 1. The highest BCUT2D eigenvalue weighted by Gasteiger charge is 2.74. The highest BCUT2D eigenvalue weighted by molar-refractivity contribution is 5.87. The molecule has 77 heavy (non-hydrogen) atoms. The van der Waals surface area contributed by atoms with Gasteiger partial charge in [0.05, 0.1) is 36.3 Å². The van der Waals surface area contributed by atoms with E-state index in [0.717, 1.165) is 11.9 Å². The third-order valence-corrected chi connectivity index (χ3v) is 20.5. The molecule has 0 aromatic carbocycles. The molecule has 0 radical (unpaired) electrons. The number of carboxylic acid groups (broad SMARTS) is 1. The van der Waals surface area contributed by atoms with Gasteiger partial charge in [-0.1, -0.05) is 59.3 Å². The minimum Gasteiger partial charge on any atom is -0.479 e. The Morgan fingerprint density at radius 2 is 1.43 bits per heavy atom. The smallest absolute Gasteiger partial charge is 0.335 e. The summed E-state index contributed by atoms with van der Waals surface area (Å²) in [7, 11) is 0. The van der Waals surface area contributed by atoms with E-state index in [2.05, 4.69) is 26.8 Å². The number of hydrogen-bond acceptors (Lipinski definition) is 22. The Morgan fingerprint density at radius 3 is 2.05 bits per heavy atom. The summed E-state index contributed by atoms with van der Waals surface area (Å²) in [6.07, 6.45) is -24.0. The van der Waals surface area contributed by atoms with Gasteiger partial charge in [-0.15, -0.1) is 0 Å². The third-order valence-electron chi connectivity index (χ3n) is 20.5. The summed E-state index contributed by atoms with van der Waals surface area (Å²) in [6.45, 7) is 14.9. The molecule has 4 saturated carbocycles. The van der Waals surface area contributed by atoms with Crippen LogP contribution in [-0.4, -0.2) is 211 Å². The number of rotatable bonds is 13. The normalized spacial score (nSPS) is 50.6. The van der Waals surface area contributed by atoms with Crippen molar-refractivity contribution in [1.29, 1.82) is 0 Å². The number of ether oxygens (including phenoxy) is 8. The van der Waals surface area contributed by atoms with Crippen LogP contribution in [0.4, 0.5) is 0 Å². The van der Waals surface area contributed by atoms with Crippen molar-refractivity contribution in [2.45, 2.75) is 218 Å². The number of carbonyl (C=O) groups is 4. The van der Waals surface area contributed by atoms with E-state index in [4.69, 9.17) is 37.9 Å². The molecule has 0 amide bonds. The van der Waals surface area contributed by atoms with Gasteiger partial charge in [0, 0.05) is 17.9 Å². The van der Waals surface area contributed by atoms with Crippen LogP contribution in [0, 0.1) is 50.2 Å². The molecule has 23 nitrogen and oxygen atoms in total. The van der Waals surface area contributed by atoms with Crippen LogP contribution < -0.4 is 0 Å². The Kier molecular flexibility index (Phi) is 16.9. The van der Waals surface area contributed by atoms with Gasteiger partial charge in [-0.05, 0) is 92.8 Å². The average Bonchev–Trinajstić information content (AvgIpc) is 3.51. The fourth-order valence-corrected chi connectivity index (χ4v) is 15.7. The fourth-order valence-electron chi connectivity index (χ4n) is 15.7. The number of allylic oxidation sites excluding steroid dienone is 3. The summed E-state index contributed by atoms with van der Waals surface area (Å²) < 4.78 is 47.8. The van der Waals surface area contributed by atoms with E-state index in [1.54, 1.807) is 26.8 Å². The highest BCUT2D eigenvalue weighted by atomic mass is 16.8. The molecule has 0 unspecified atom stereocenters. The molecule has 7 fully saturated rings. The predicted molar refractivity (Wildman–Crippen MR) is 262 cm³/mol. The first-order chi connectivity index (χ1) is 35.9. The fraction of sp³-hybridized carbons (Fsp3) is 0.852. The molecule has 23 heteroatoms. The zero-order chi connectivity index (χ0) is 56.9. The van der Waals surface area contributed by atoms with Gasteiger partial charge in [-0.25, -0.2) is 9.59 Å². The molecule has 8 rings (SSSR count). The molecule has 5 aliphatic carbocycles. The van der Waals surface area contributed by atoms with Crippen LogP contribution in [0.5, 0.6) is 0 Å². The summed E-state index contributed by atoms with van der Waals surface area (Å²) in [5.41, 5.74) is -4.13. The van der Waals surface area contributed by atoms with Gasteiger partial charge in [0.15, 0.2) is 25.0 Å². The number of esters is 2. The second kappa shape index (κ2) is 21.7. The summed E-state index contributed by atoms with van der Waals surface area (Å²) >= 11 is 0. The van der Waals surface area contributed by atoms with Gasteiger partial charge in [0.1, 0.15) is 86.1 Å². The molecule has 3 saturated heterocycles. The number of fused-ring (bicyclic) bond motifs is 7. The molecule has 0 spiro atoms. The Morgan fingerprint density at radius 1 is 0.766 bits per heavy atom. The Bertz CT molecular complexity index is 2270. The number of hydrogen-bond donors (Lipinski definition) is 11. The van der Waals surface area contributed by atoms with Gasteiger partial charge in [-0.2, -0.15) is 0 Å². The molecular weight excluding hydrogens is 1020 g/mol. The summed E-state index contributed by atoms with van der Waals surface area (Å²) in [5.74, 6) is -3.96. The number of carbonyl (C=O) groups excluding carboxylic acids is 3. The average molecular weight is 1100 g/mol. The zero-order valence-electron chi connectivity index (χ0n) is 45.2. The van der Waals surface area contributed by atoms with Crippen molar-refractivity contribution in [3.05, 3.63) is 23.3 Å². The van der Waals surface area contributed by atoms with Crippen LogP contribution in [0.3, 0.4) is 0 Å². The molecule has 8 aliphatic rings. The van der Waals surface area contributed by atoms with Crippen molar-refractivity contribution < 1.29 is 113 Å². The van der Waals surface area contributed by atoms with E-state index < -0.39 is 186 Å². The lowest BCUT2D eigenvalue weighted by Crippen LogP contribution is -2.72. The highest BCUT2D eigenvalue weighted by Crippen LogP contribution is 2.76. The minimum atomic E-state index is -2.17. The molecule has 3 heterocycles. The van der Waals surface area contributed by atoms with Crippen LogP contribution in [0.1, 0.15) is 107 Å². The van der Waals surface area contributed by atoms with Gasteiger partial charge >= 0.3 is 17.9 Å². The maximum atomic E-state index is 14.0. The number of carboxylic acids is 1. The van der Waals surface area contributed by atoms with Gasteiger partial charge in [0.25, 0.3) is 0 Å². The number of aliphatic hydroxyl groups is 10. The first-order valence-electron chi connectivity index (χ1n) is 26.9. The first-order valence-corrected chi connectivity index (χ1v) is 26.9. The van der Waals surface area contributed by atoms with Gasteiger partial charge < -0.3 is 98.9 Å². The van der Waals surface area contributed by atoms with Crippen molar-refractivity contribution in [3.63, 3.8) is 0 Å². The predicted octanol–water partition coefficient (Wildman–Crippen LogP) is -0.475. The number of aliphatic hydroxyl groups excluding tert-OH is 10. The molecule has 0 bridgehead atoms. The van der Waals surface area contributed by atoms with E-state index >= 15 is 0 Å². The maximum Gasteiger partial charge on any atom is 0.335 e. The second-order valence-electron chi connectivity index (χ2n) is 24.9. The van der Waals surface area contributed by atoms with Crippen LogP contribution in [0.2, 0.25) is 0 Å². The summed E-state index contributed by atoms with van der Waals surface area (Å²) in [5, 5.41) is 121.